The van der Waals surface area contributed by atoms with Gasteiger partial charge >= 0.3 is 0 Å². The lowest BCUT2D eigenvalue weighted by molar-refractivity contribution is 0.0958. The highest BCUT2D eigenvalue weighted by Crippen LogP contribution is 2.29. The molecule has 112 valence electrons. The second kappa shape index (κ2) is 6.60. The molecule has 1 heterocycles. The van der Waals surface area contributed by atoms with Crippen LogP contribution in [0.5, 0.6) is 5.75 Å². The van der Waals surface area contributed by atoms with Crippen LogP contribution >= 0.6 is 27.3 Å². The molecule has 0 aliphatic carbocycles. The fourth-order valence-corrected chi connectivity index (χ4v) is 3.02. The lowest BCUT2D eigenvalue weighted by Crippen LogP contribution is -2.17. The van der Waals surface area contributed by atoms with Crippen molar-refractivity contribution in [3.63, 3.8) is 0 Å². The maximum absolute atomic E-state index is 12.0. The number of benzene rings is 1. The molecule has 0 fully saturated rings. The highest BCUT2D eigenvalue weighted by atomic mass is 79.9. The first-order valence-electron chi connectivity index (χ1n) is 6.05. The minimum Gasteiger partial charge on any atom is -0.507 e. The summed E-state index contributed by atoms with van der Waals surface area (Å²) in [5.74, 6) is -0.411. The van der Waals surface area contributed by atoms with Crippen LogP contribution < -0.4 is 11.2 Å². The molecule has 2 rings (SSSR count). The number of nitriles is 1. The number of rotatable bonds is 3. The molecule has 4 N–H and O–H groups in total. The van der Waals surface area contributed by atoms with Crippen molar-refractivity contribution in [3.8, 4) is 11.8 Å². The van der Waals surface area contributed by atoms with Gasteiger partial charge in [0, 0.05) is 10.0 Å². The molecule has 1 amide bonds. The minimum absolute atomic E-state index is 0.0458. The van der Waals surface area contributed by atoms with E-state index in [0.717, 1.165) is 15.8 Å². The lowest BCUT2D eigenvalue weighted by atomic mass is 10.2. The molecule has 6 nitrogen and oxygen atoms in total. The molecule has 1 aromatic heterocycles. The Kier molecular flexibility index (Phi) is 4.80. The first-order valence-corrected chi connectivity index (χ1v) is 7.66. The molecule has 0 bridgehead atoms. The summed E-state index contributed by atoms with van der Waals surface area (Å²) in [5, 5.41) is 22.7. The third kappa shape index (κ3) is 3.27. The van der Waals surface area contributed by atoms with Crippen LogP contribution in [0.15, 0.2) is 27.8 Å². The average molecular weight is 379 g/mol. The molecular formula is C14H11BrN4O2S. The Balaban J connectivity index is 2.15. The predicted octanol–water partition coefficient (Wildman–Crippen LogP) is 2.74. The number of amides is 1. The Morgan fingerprint density at radius 3 is 2.95 bits per heavy atom. The Morgan fingerprint density at radius 2 is 2.32 bits per heavy atom. The number of nitrogens with one attached hydrogen (secondary N) is 1. The summed E-state index contributed by atoms with van der Waals surface area (Å²) < 4.78 is 0.776. The van der Waals surface area contributed by atoms with Crippen molar-refractivity contribution in [3.05, 3.63) is 44.2 Å². The summed E-state index contributed by atoms with van der Waals surface area (Å²) in [4.78, 5) is 12.4. The number of thiophene rings is 1. The van der Waals surface area contributed by atoms with E-state index in [0.29, 0.717) is 26.6 Å². The molecule has 22 heavy (non-hydrogen) atoms. The highest BCUT2D eigenvalue weighted by molar-refractivity contribution is 9.10. The van der Waals surface area contributed by atoms with Crippen molar-refractivity contribution in [2.75, 3.05) is 5.73 Å². The lowest BCUT2D eigenvalue weighted by Gasteiger charge is -2.00. The van der Waals surface area contributed by atoms with E-state index in [-0.39, 0.29) is 5.75 Å². The van der Waals surface area contributed by atoms with E-state index in [2.05, 4.69) is 26.5 Å². The van der Waals surface area contributed by atoms with Crippen molar-refractivity contribution in [2.24, 2.45) is 5.10 Å². The van der Waals surface area contributed by atoms with E-state index in [1.165, 1.54) is 12.3 Å². The molecule has 8 heteroatoms. The first kappa shape index (κ1) is 16.0. The van der Waals surface area contributed by atoms with E-state index in [1.54, 1.807) is 19.1 Å². The third-order valence-electron chi connectivity index (χ3n) is 2.85. The van der Waals surface area contributed by atoms with Gasteiger partial charge in [-0.1, -0.05) is 15.9 Å². The molecular weight excluding hydrogens is 368 g/mol. The van der Waals surface area contributed by atoms with E-state index < -0.39 is 5.91 Å². The number of nitrogens with zero attached hydrogens (tertiary/aromatic N) is 2. The molecule has 2 aromatic rings. The number of nitrogens with two attached hydrogens (primary N) is 1. The quantitative estimate of drug-likeness (QED) is 0.562. The number of carbonyl (C=O) groups is 1. The molecule has 0 aliphatic rings. The number of hydrazone groups is 1. The van der Waals surface area contributed by atoms with Crippen molar-refractivity contribution in [2.45, 2.75) is 6.92 Å². The summed E-state index contributed by atoms with van der Waals surface area (Å²) in [5.41, 5.74) is 9.33. The summed E-state index contributed by atoms with van der Waals surface area (Å²) >= 11 is 4.32. The van der Waals surface area contributed by atoms with Crippen LogP contribution in [0.1, 0.15) is 26.4 Å². The number of phenolic OH excluding ortho intramolecular Hbond substituents is 1. The SMILES string of the molecule is Cc1c(C(=O)N/N=C\c2cc(Br)ccc2O)sc(N)c1C#N. The number of hydrogen-bond donors (Lipinski definition) is 3. The van der Waals surface area contributed by atoms with Crippen LogP contribution in [0.4, 0.5) is 5.00 Å². The normalized spacial score (nSPS) is 10.6. The van der Waals surface area contributed by atoms with Gasteiger partial charge in [0.15, 0.2) is 0 Å². The number of carbonyl (C=O) groups excluding carboxylic acids is 1. The van der Waals surface area contributed by atoms with Gasteiger partial charge in [0.2, 0.25) is 0 Å². The molecule has 1 aromatic carbocycles. The monoisotopic (exact) mass is 378 g/mol. The average Bonchev–Trinajstić information content (AvgIpc) is 2.77. The molecule has 0 unspecified atom stereocenters. The Bertz CT molecular complexity index is 808. The molecule has 0 spiro atoms. The number of hydrogen-bond acceptors (Lipinski definition) is 6. The summed E-state index contributed by atoms with van der Waals surface area (Å²) in [7, 11) is 0. The van der Waals surface area contributed by atoms with Gasteiger partial charge in [-0.3, -0.25) is 4.79 Å². The van der Waals surface area contributed by atoms with Gasteiger partial charge in [0.1, 0.15) is 21.7 Å². The van der Waals surface area contributed by atoms with Crippen LogP contribution in [-0.4, -0.2) is 17.2 Å². The predicted molar refractivity (Wildman–Crippen MR) is 89.1 cm³/mol. The van der Waals surface area contributed by atoms with Crippen LogP contribution in [0.2, 0.25) is 0 Å². The third-order valence-corrected chi connectivity index (χ3v) is 4.46. The largest absolute Gasteiger partial charge is 0.507 e. The van der Waals surface area contributed by atoms with Gasteiger partial charge in [-0.05, 0) is 30.7 Å². The van der Waals surface area contributed by atoms with Gasteiger partial charge in [-0.25, -0.2) is 5.43 Å². The van der Waals surface area contributed by atoms with Crippen molar-refractivity contribution >= 4 is 44.4 Å². The van der Waals surface area contributed by atoms with Crippen LogP contribution in [0.25, 0.3) is 0 Å². The minimum atomic E-state index is -0.457. The van der Waals surface area contributed by atoms with Crippen molar-refractivity contribution in [1.82, 2.24) is 5.43 Å². The van der Waals surface area contributed by atoms with E-state index in [1.807, 2.05) is 6.07 Å². The van der Waals surface area contributed by atoms with Crippen molar-refractivity contribution in [1.29, 1.82) is 5.26 Å². The summed E-state index contributed by atoms with van der Waals surface area (Å²) in [6.45, 7) is 1.66. The van der Waals surface area contributed by atoms with Crippen LogP contribution in [-0.2, 0) is 0 Å². The maximum Gasteiger partial charge on any atom is 0.281 e. The number of aromatic hydroxyl groups is 1. The Labute approximate surface area is 139 Å². The first-order chi connectivity index (χ1) is 10.4. The number of nitrogen functional groups attached to an aromatic ring is 1. The summed E-state index contributed by atoms with van der Waals surface area (Å²) in [6.07, 6.45) is 1.33. The zero-order valence-electron chi connectivity index (χ0n) is 11.4. The van der Waals surface area contributed by atoms with Crippen LogP contribution in [0.3, 0.4) is 0 Å². The van der Waals surface area contributed by atoms with Gasteiger partial charge in [0.05, 0.1) is 11.8 Å². The Hall–Kier alpha value is -2.37. The fraction of sp³-hybridized carbons (Fsp3) is 0.0714. The molecule has 0 atom stereocenters. The maximum atomic E-state index is 12.0. The fourth-order valence-electron chi connectivity index (χ4n) is 1.73. The van der Waals surface area contributed by atoms with Gasteiger partial charge in [0.25, 0.3) is 5.91 Å². The second-order valence-corrected chi connectivity index (χ2v) is 6.28. The van der Waals surface area contributed by atoms with E-state index in [9.17, 15) is 9.90 Å². The van der Waals surface area contributed by atoms with E-state index >= 15 is 0 Å². The van der Waals surface area contributed by atoms with E-state index in [4.69, 9.17) is 11.0 Å². The number of phenols is 1. The molecule has 0 saturated carbocycles. The highest BCUT2D eigenvalue weighted by Gasteiger charge is 2.18. The second-order valence-electron chi connectivity index (χ2n) is 4.31. The zero-order valence-corrected chi connectivity index (χ0v) is 13.8. The molecule has 0 saturated heterocycles. The molecule has 0 aliphatic heterocycles. The topological polar surface area (TPSA) is 112 Å². The molecule has 0 radical (unpaired) electrons. The van der Waals surface area contributed by atoms with Crippen LogP contribution in [0, 0.1) is 18.3 Å². The van der Waals surface area contributed by atoms with Gasteiger partial charge < -0.3 is 10.8 Å². The zero-order chi connectivity index (χ0) is 16.3. The van der Waals surface area contributed by atoms with Gasteiger partial charge in [-0.2, -0.15) is 10.4 Å². The van der Waals surface area contributed by atoms with Crippen molar-refractivity contribution < 1.29 is 9.90 Å². The summed E-state index contributed by atoms with van der Waals surface area (Å²) in [6, 6.07) is 6.82. The number of halogens is 1. The number of anilines is 1. The smallest absolute Gasteiger partial charge is 0.281 e. The van der Waals surface area contributed by atoms with Gasteiger partial charge in [-0.15, -0.1) is 11.3 Å². The standard InChI is InChI=1S/C14H11BrN4O2S/c1-7-10(5-16)13(17)22-12(7)14(21)19-18-6-8-4-9(15)2-3-11(8)20/h2-4,6,20H,17H2,1H3,(H,19,21)/b18-6-. The Morgan fingerprint density at radius 1 is 1.59 bits per heavy atom.